The highest BCUT2D eigenvalue weighted by atomic mass is 16.2. The van der Waals surface area contributed by atoms with Gasteiger partial charge in [0, 0.05) is 0 Å². The van der Waals surface area contributed by atoms with E-state index in [1.54, 1.807) is 0 Å². The molecule has 0 saturated carbocycles. The number of carbonyl (C=O) groups is 3. The Labute approximate surface area is 120 Å². The van der Waals surface area contributed by atoms with Gasteiger partial charge in [-0.25, -0.2) is 4.79 Å². The summed E-state index contributed by atoms with van der Waals surface area (Å²) in [5, 5.41) is 4.27. The molecular weight excluding hydrogens is 256 g/mol. The van der Waals surface area contributed by atoms with Gasteiger partial charge in [0.1, 0.15) is 5.92 Å². The van der Waals surface area contributed by atoms with Crippen LogP contribution in [0.25, 0.3) is 0 Å². The molecule has 5 heteroatoms. The van der Waals surface area contributed by atoms with E-state index in [-0.39, 0.29) is 0 Å². The molecule has 114 valence electrons. The third-order valence-corrected chi connectivity index (χ3v) is 3.85. The average Bonchev–Trinajstić information content (AvgIpc) is 2.37. The number of unbranched alkanes of at least 4 members (excludes halogenated alkanes) is 3. The van der Waals surface area contributed by atoms with E-state index < -0.39 is 23.8 Å². The fourth-order valence-electron chi connectivity index (χ4n) is 2.54. The van der Waals surface area contributed by atoms with Crippen molar-refractivity contribution in [1.29, 1.82) is 0 Å². The maximum atomic E-state index is 11.5. The molecule has 0 spiro atoms. The molecule has 0 aliphatic carbocycles. The van der Waals surface area contributed by atoms with Crippen LogP contribution in [-0.2, 0) is 9.59 Å². The fourth-order valence-corrected chi connectivity index (χ4v) is 2.54. The van der Waals surface area contributed by atoms with Crippen LogP contribution in [0, 0.1) is 11.8 Å². The van der Waals surface area contributed by atoms with Gasteiger partial charge in [-0.2, -0.15) is 0 Å². The summed E-state index contributed by atoms with van der Waals surface area (Å²) < 4.78 is 0. The minimum atomic E-state index is -0.708. The van der Waals surface area contributed by atoms with Gasteiger partial charge in [0.15, 0.2) is 0 Å². The Hall–Kier alpha value is -1.39. The quantitative estimate of drug-likeness (QED) is 0.504. The summed E-state index contributed by atoms with van der Waals surface area (Å²) in [5.41, 5.74) is 0. The molecule has 1 aliphatic rings. The van der Waals surface area contributed by atoms with Crippen molar-refractivity contribution in [2.45, 2.75) is 65.2 Å². The predicted octanol–water partition coefficient (Wildman–Crippen LogP) is 2.75. The van der Waals surface area contributed by atoms with E-state index in [2.05, 4.69) is 24.5 Å². The van der Waals surface area contributed by atoms with Crippen LogP contribution in [0.4, 0.5) is 4.79 Å². The number of rotatable bonds is 9. The third kappa shape index (κ3) is 5.72. The zero-order valence-corrected chi connectivity index (χ0v) is 12.5. The second-order valence-electron chi connectivity index (χ2n) is 5.75. The Bertz CT molecular complexity index is 335. The van der Waals surface area contributed by atoms with E-state index >= 15 is 0 Å². The average molecular weight is 282 g/mol. The Kier molecular flexibility index (Phi) is 7.26. The first-order valence-corrected chi connectivity index (χ1v) is 7.70. The lowest BCUT2D eigenvalue weighted by Crippen LogP contribution is -2.55. The van der Waals surface area contributed by atoms with Crippen molar-refractivity contribution >= 4 is 17.8 Å². The van der Waals surface area contributed by atoms with Gasteiger partial charge in [-0.3, -0.25) is 20.2 Å². The van der Waals surface area contributed by atoms with Gasteiger partial charge < -0.3 is 0 Å². The number of carbonyl (C=O) groups excluding carboxylic acids is 3. The van der Waals surface area contributed by atoms with Crippen molar-refractivity contribution in [1.82, 2.24) is 10.6 Å². The zero-order chi connectivity index (χ0) is 15.0. The molecule has 20 heavy (non-hydrogen) atoms. The van der Waals surface area contributed by atoms with Crippen LogP contribution in [0.1, 0.15) is 65.2 Å². The second kappa shape index (κ2) is 8.72. The first kappa shape index (κ1) is 16.7. The monoisotopic (exact) mass is 282 g/mol. The number of imide groups is 2. The molecule has 1 fully saturated rings. The van der Waals surface area contributed by atoms with Crippen LogP contribution in [-0.4, -0.2) is 17.8 Å². The number of nitrogens with one attached hydrogen (secondary N) is 2. The van der Waals surface area contributed by atoms with Gasteiger partial charge in [-0.05, 0) is 12.3 Å². The molecule has 0 bridgehead atoms. The van der Waals surface area contributed by atoms with Crippen molar-refractivity contribution < 1.29 is 14.4 Å². The molecule has 1 atom stereocenters. The van der Waals surface area contributed by atoms with Gasteiger partial charge in [0.05, 0.1) is 0 Å². The number of amides is 4. The SMILES string of the molecule is CCCCCC[C@@H](C)CCCC1C(=O)NC(=O)NC1=O. The Morgan fingerprint density at radius 1 is 0.950 bits per heavy atom. The molecule has 2 N–H and O–H groups in total. The summed E-state index contributed by atoms with van der Waals surface area (Å²) in [5.74, 6) is -1.01. The van der Waals surface area contributed by atoms with E-state index in [9.17, 15) is 14.4 Å². The molecular formula is C15H26N2O3. The zero-order valence-electron chi connectivity index (χ0n) is 12.5. The summed E-state index contributed by atoms with van der Waals surface area (Å²) in [4.78, 5) is 34.0. The second-order valence-corrected chi connectivity index (χ2v) is 5.75. The third-order valence-electron chi connectivity index (χ3n) is 3.85. The molecule has 1 heterocycles. The van der Waals surface area contributed by atoms with E-state index in [1.165, 1.54) is 32.1 Å². The van der Waals surface area contributed by atoms with E-state index in [1.807, 2.05) is 0 Å². The number of hydrogen-bond donors (Lipinski definition) is 2. The van der Waals surface area contributed by atoms with Gasteiger partial charge in [-0.1, -0.05) is 58.8 Å². The van der Waals surface area contributed by atoms with Gasteiger partial charge in [0.2, 0.25) is 11.8 Å². The number of urea groups is 1. The summed E-state index contributed by atoms with van der Waals surface area (Å²) in [6.07, 6.45) is 8.68. The standard InChI is InChI=1S/C15H26N2O3/c1-3-4-5-6-8-11(2)9-7-10-12-13(18)16-15(20)17-14(12)19/h11-12H,3-10H2,1-2H3,(H2,16,17,18,19,20)/t11-/m1/s1. The highest BCUT2D eigenvalue weighted by Crippen LogP contribution is 2.19. The lowest BCUT2D eigenvalue weighted by atomic mass is 9.92. The molecule has 1 rings (SSSR count). The van der Waals surface area contributed by atoms with Crippen molar-refractivity contribution in [3.8, 4) is 0 Å². The van der Waals surface area contributed by atoms with E-state index in [0.717, 1.165) is 12.8 Å². The molecule has 1 aliphatic heterocycles. The molecule has 0 unspecified atom stereocenters. The molecule has 5 nitrogen and oxygen atoms in total. The smallest absolute Gasteiger partial charge is 0.277 e. The van der Waals surface area contributed by atoms with E-state index in [0.29, 0.717) is 12.3 Å². The van der Waals surface area contributed by atoms with Crippen molar-refractivity contribution in [3.63, 3.8) is 0 Å². The van der Waals surface area contributed by atoms with Crippen molar-refractivity contribution in [2.75, 3.05) is 0 Å². The van der Waals surface area contributed by atoms with Gasteiger partial charge in [0.25, 0.3) is 0 Å². The Morgan fingerprint density at radius 2 is 1.55 bits per heavy atom. The summed E-state index contributed by atoms with van der Waals surface area (Å²) in [6.45, 7) is 4.42. The first-order valence-electron chi connectivity index (χ1n) is 7.70. The predicted molar refractivity (Wildman–Crippen MR) is 76.9 cm³/mol. The Balaban J connectivity index is 2.18. The van der Waals surface area contributed by atoms with E-state index in [4.69, 9.17) is 0 Å². The van der Waals surface area contributed by atoms with Crippen LogP contribution in [0.15, 0.2) is 0 Å². The lowest BCUT2D eigenvalue weighted by molar-refractivity contribution is -0.136. The minimum absolute atomic E-state index is 0.464. The van der Waals surface area contributed by atoms with Crippen LogP contribution < -0.4 is 10.6 Å². The maximum Gasteiger partial charge on any atom is 0.328 e. The van der Waals surface area contributed by atoms with Crippen LogP contribution in [0.3, 0.4) is 0 Å². The topological polar surface area (TPSA) is 75.3 Å². The van der Waals surface area contributed by atoms with Crippen LogP contribution in [0.2, 0.25) is 0 Å². The highest BCUT2D eigenvalue weighted by Gasteiger charge is 2.33. The molecule has 0 radical (unpaired) electrons. The lowest BCUT2D eigenvalue weighted by Gasteiger charge is -2.21. The molecule has 0 aromatic carbocycles. The normalized spacial score (nSPS) is 17.8. The number of barbiturate groups is 1. The molecule has 0 aromatic heterocycles. The highest BCUT2D eigenvalue weighted by molar-refractivity contribution is 6.16. The van der Waals surface area contributed by atoms with Crippen LogP contribution >= 0.6 is 0 Å². The summed E-state index contributed by atoms with van der Waals surface area (Å²) in [7, 11) is 0. The first-order chi connectivity index (χ1) is 9.54. The minimum Gasteiger partial charge on any atom is -0.277 e. The molecule has 4 amide bonds. The largest absolute Gasteiger partial charge is 0.328 e. The number of hydrogen-bond acceptors (Lipinski definition) is 3. The summed E-state index contributed by atoms with van der Waals surface area (Å²) >= 11 is 0. The molecule has 0 aromatic rings. The molecule has 1 saturated heterocycles. The van der Waals surface area contributed by atoms with Crippen LogP contribution in [0.5, 0.6) is 0 Å². The Morgan fingerprint density at radius 3 is 2.15 bits per heavy atom. The summed E-state index contributed by atoms with van der Waals surface area (Å²) in [6, 6.07) is -0.708. The van der Waals surface area contributed by atoms with Crippen molar-refractivity contribution in [3.05, 3.63) is 0 Å². The van der Waals surface area contributed by atoms with Crippen molar-refractivity contribution in [2.24, 2.45) is 11.8 Å². The van der Waals surface area contributed by atoms with Gasteiger partial charge in [-0.15, -0.1) is 0 Å². The maximum absolute atomic E-state index is 11.5. The van der Waals surface area contributed by atoms with Gasteiger partial charge >= 0.3 is 6.03 Å². The fraction of sp³-hybridized carbons (Fsp3) is 0.800.